The first-order chi connectivity index (χ1) is 10.3. The van der Waals surface area contributed by atoms with Crippen molar-refractivity contribution in [1.29, 1.82) is 0 Å². The molecule has 0 unspecified atom stereocenters. The number of carbonyl (C=O) groups excluding carboxylic acids is 1. The molecule has 0 heterocycles. The Balaban J connectivity index is -0.000000554. The number of esters is 1. The fourth-order valence-electron chi connectivity index (χ4n) is 1.72. The molecule has 1 aromatic carbocycles. The summed E-state index contributed by atoms with van der Waals surface area (Å²) in [5, 5.41) is 0. The summed E-state index contributed by atoms with van der Waals surface area (Å²) in [6.45, 7) is 2.21. The minimum atomic E-state index is -5.17. The summed E-state index contributed by atoms with van der Waals surface area (Å²) < 4.78 is 39.3. The Hall–Kier alpha value is 0.560. The molecule has 0 amide bonds. The second kappa shape index (κ2) is 18.4. The van der Waals surface area contributed by atoms with Crippen LogP contribution in [0.15, 0.2) is 30.3 Å². The van der Waals surface area contributed by atoms with E-state index in [4.69, 9.17) is 22.3 Å². The Kier molecular flexibility index (Phi) is 22.4. The third-order valence-electron chi connectivity index (χ3n) is 2.71. The zero-order valence-electron chi connectivity index (χ0n) is 14.7. The van der Waals surface area contributed by atoms with Gasteiger partial charge in [0.05, 0.1) is 0 Å². The van der Waals surface area contributed by atoms with Gasteiger partial charge in [0.2, 0.25) is 0 Å². The van der Waals surface area contributed by atoms with Crippen molar-refractivity contribution in [1.82, 2.24) is 0 Å². The van der Waals surface area contributed by atoms with Gasteiger partial charge in [-0.25, -0.2) is 0 Å². The number of unbranched alkanes of at least 4 members (excludes halogenated alkanes) is 5. The summed E-state index contributed by atoms with van der Waals surface area (Å²) in [6.07, 6.45) is 7.67. The molecule has 0 aliphatic heterocycles. The van der Waals surface area contributed by atoms with Gasteiger partial charge in [0.25, 0.3) is 0 Å². The second-order valence-electron chi connectivity index (χ2n) is 4.71. The Morgan fingerprint density at radius 1 is 0.958 bits per heavy atom. The molecule has 0 saturated carbocycles. The zero-order chi connectivity index (χ0) is 16.8. The van der Waals surface area contributed by atoms with Crippen LogP contribution in [-0.2, 0) is 15.2 Å². The van der Waals surface area contributed by atoms with Gasteiger partial charge in [0, 0.05) is 16.8 Å². The molecule has 0 atom stereocenters. The van der Waals surface area contributed by atoms with Crippen LogP contribution in [0.2, 0.25) is 0 Å². The molecule has 0 aliphatic carbocycles. The van der Waals surface area contributed by atoms with E-state index in [0.29, 0.717) is 12.2 Å². The molecule has 6 nitrogen and oxygen atoms in total. The van der Waals surface area contributed by atoms with Crippen LogP contribution in [0.4, 0.5) is 0 Å². The quantitative estimate of drug-likeness (QED) is 0.120. The molecular weight excluding hydrogens is 354 g/mol. The fraction of sp³-hybridized carbons (Fsp3) is 0.533. The van der Waals surface area contributed by atoms with Crippen LogP contribution in [0.25, 0.3) is 0 Å². The zero-order valence-corrected chi connectivity index (χ0v) is 19.5. The number of ether oxygens (including phenoxy) is 1. The van der Waals surface area contributed by atoms with Crippen molar-refractivity contribution in [3.8, 4) is 5.75 Å². The topological polar surface area (TPSA) is 107 Å². The Morgan fingerprint density at radius 3 is 1.92 bits per heavy atom. The first kappa shape index (κ1) is 29.3. The number of hydrogen-bond donors (Lipinski definition) is 0. The molecule has 1 aromatic rings. The molecule has 1 rings (SSSR count). The summed E-state index contributed by atoms with van der Waals surface area (Å²) >= 11 is 0. The van der Waals surface area contributed by atoms with E-state index in [1.165, 1.54) is 25.7 Å². The molecular formula is C15H22Na2O6S. The van der Waals surface area contributed by atoms with Gasteiger partial charge in [-0.1, -0.05) is 57.2 Å². The van der Waals surface area contributed by atoms with Gasteiger partial charge in [-0.3, -0.25) is 13.2 Å². The molecule has 9 heteroatoms. The predicted molar refractivity (Wildman–Crippen MR) is 80.5 cm³/mol. The van der Waals surface area contributed by atoms with Crippen LogP contribution in [-0.4, -0.2) is 23.5 Å². The van der Waals surface area contributed by atoms with Crippen LogP contribution in [0.5, 0.6) is 5.75 Å². The van der Waals surface area contributed by atoms with E-state index in [0.717, 1.165) is 12.8 Å². The van der Waals surface area contributed by atoms with Crippen molar-refractivity contribution in [3.05, 3.63) is 30.3 Å². The summed E-state index contributed by atoms with van der Waals surface area (Å²) in [5.74, 6) is 0.523. The molecule has 24 heavy (non-hydrogen) atoms. The fourth-order valence-corrected chi connectivity index (χ4v) is 1.72. The van der Waals surface area contributed by atoms with E-state index >= 15 is 0 Å². The molecule has 0 aliphatic rings. The van der Waals surface area contributed by atoms with E-state index in [-0.39, 0.29) is 65.1 Å². The maximum Gasteiger partial charge on any atom is 1.00 e. The van der Waals surface area contributed by atoms with Gasteiger partial charge >= 0.3 is 65.1 Å². The van der Waals surface area contributed by atoms with Crippen molar-refractivity contribution in [2.24, 2.45) is 0 Å². The number of benzene rings is 1. The number of carbonyl (C=O) groups is 1. The Bertz CT molecular complexity index is 500. The van der Waals surface area contributed by atoms with Gasteiger partial charge in [-0.05, 0) is 18.6 Å². The van der Waals surface area contributed by atoms with Crippen molar-refractivity contribution < 1.29 is 86.2 Å². The molecule has 0 N–H and O–H groups in total. The summed E-state index contributed by atoms with van der Waals surface area (Å²) in [6, 6.07) is 9.25. The standard InChI is InChI=1S/C15H22O2.2Na.H2O4S/c1-2-3-4-5-6-10-13-15(16)17-14-11-8-7-9-12-14;;;1-5(2,3)4/h7-9,11-12H,2-6,10,13H2,1H3;;;(H2,1,2,3,4)/q;2*+1;/p-2. The third-order valence-corrected chi connectivity index (χ3v) is 2.71. The summed E-state index contributed by atoms with van der Waals surface area (Å²) in [5.41, 5.74) is 0. The molecule has 126 valence electrons. The summed E-state index contributed by atoms with van der Waals surface area (Å²) in [4.78, 5) is 11.5. The largest absolute Gasteiger partial charge is 1.00 e. The maximum atomic E-state index is 11.5. The van der Waals surface area contributed by atoms with Crippen molar-refractivity contribution >= 4 is 16.4 Å². The number of hydrogen-bond acceptors (Lipinski definition) is 6. The predicted octanol–water partition coefficient (Wildman–Crippen LogP) is -2.99. The van der Waals surface area contributed by atoms with Crippen LogP contribution in [0, 0.1) is 0 Å². The number of rotatable bonds is 8. The molecule has 0 bridgehead atoms. The monoisotopic (exact) mass is 376 g/mol. The molecule has 0 aromatic heterocycles. The van der Waals surface area contributed by atoms with Gasteiger partial charge in [0.1, 0.15) is 5.75 Å². The first-order valence-electron chi connectivity index (χ1n) is 7.25. The van der Waals surface area contributed by atoms with E-state index in [2.05, 4.69) is 6.92 Å². The normalized spacial score (nSPS) is 9.62. The van der Waals surface area contributed by atoms with Gasteiger partial charge in [-0.15, -0.1) is 0 Å². The molecule has 0 fully saturated rings. The minimum Gasteiger partial charge on any atom is -0.759 e. The average molecular weight is 376 g/mol. The third kappa shape index (κ3) is 24.8. The smallest absolute Gasteiger partial charge is 0.759 e. The SMILES string of the molecule is CCCCCCCCC(=O)Oc1ccccc1.O=S(=O)([O-])[O-].[Na+].[Na+]. The minimum absolute atomic E-state index is 0. The van der Waals surface area contributed by atoms with E-state index < -0.39 is 10.4 Å². The van der Waals surface area contributed by atoms with Crippen molar-refractivity contribution in [2.45, 2.75) is 51.9 Å². The summed E-state index contributed by atoms with van der Waals surface area (Å²) in [7, 11) is -5.17. The van der Waals surface area contributed by atoms with Gasteiger partial charge in [0.15, 0.2) is 0 Å². The van der Waals surface area contributed by atoms with Crippen LogP contribution >= 0.6 is 0 Å². The van der Waals surface area contributed by atoms with Crippen molar-refractivity contribution in [2.75, 3.05) is 0 Å². The molecule has 0 saturated heterocycles. The van der Waals surface area contributed by atoms with Gasteiger partial charge in [-0.2, -0.15) is 0 Å². The van der Waals surface area contributed by atoms with Crippen LogP contribution in [0.3, 0.4) is 0 Å². The van der Waals surface area contributed by atoms with Crippen molar-refractivity contribution in [3.63, 3.8) is 0 Å². The van der Waals surface area contributed by atoms with E-state index in [1.807, 2.05) is 18.2 Å². The molecule has 0 radical (unpaired) electrons. The van der Waals surface area contributed by atoms with E-state index in [9.17, 15) is 4.79 Å². The van der Waals surface area contributed by atoms with E-state index in [1.54, 1.807) is 12.1 Å². The van der Waals surface area contributed by atoms with Gasteiger partial charge < -0.3 is 13.8 Å². The van der Waals surface area contributed by atoms with Crippen LogP contribution < -0.4 is 63.9 Å². The second-order valence-corrected chi connectivity index (χ2v) is 5.53. The molecule has 0 spiro atoms. The number of para-hydroxylation sites is 1. The average Bonchev–Trinajstić information content (AvgIpc) is 2.42. The first-order valence-corrected chi connectivity index (χ1v) is 8.58. The Morgan fingerprint density at radius 2 is 1.42 bits per heavy atom. The Labute approximate surface area is 188 Å². The van der Waals surface area contributed by atoms with Crippen LogP contribution in [0.1, 0.15) is 51.9 Å². The maximum absolute atomic E-state index is 11.5.